The summed E-state index contributed by atoms with van der Waals surface area (Å²) in [5.41, 5.74) is 1.75. The van der Waals surface area contributed by atoms with Crippen LogP contribution in [0.3, 0.4) is 0 Å². The zero-order valence-corrected chi connectivity index (χ0v) is 14.8. The molecule has 2 heterocycles. The number of nitrogens with zero attached hydrogens (tertiary/aromatic N) is 2. The number of carbonyl (C=O) groups excluding carboxylic acids is 1. The maximum Gasteiger partial charge on any atom is 0.251 e. The number of benzene rings is 1. The molecule has 0 aliphatic carbocycles. The molecule has 3 rings (SSSR count). The standard InChI is InChI=1S/C18H20N4OS/c1-4-14-9-15-16(21-11(2)22-18(15)24-14)20-10-12-5-7-13(8-6-12)17(23)19-3/h5-9H,4,10H2,1-3H3,(H,19,23)(H,20,21,22). The number of fused-ring (bicyclic) bond motifs is 1. The van der Waals surface area contributed by atoms with Crippen molar-refractivity contribution in [3.8, 4) is 0 Å². The van der Waals surface area contributed by atoms with Crippen molar-refractivity contribution >= 4 is 33.3 Å². The Morgan fingerprint density at radius 1 is 1.21 bits per heavy atom. The molecule has 0 fully saturated rings. The lowest BCUT2D eigenvalue weighted by atomic mass is 10.1. The molecule has 0 saturated carbocycles. The van der Waals surface area contributed by atoms with Gasteiger partial charge in [-0.3, -0.25) is 4.79 Å². The molecule has 6 heteroatoms. The summed E-state index contributed by atoms with van der Waals surface area (Å²) in [5.74, 6) is 1.56. The maximum atomic E-state index is 11.6. The number of aryl methyl sites for hydroxylation is 2. The van der Waals surface area contributed by atoms with E-state index in [0.29, 0.717) is 12.1 Å². The predicted molar refractivity (Wildman–Crippen MR) is 98.7 cm³/mol. The van der Waals surface area contributed by atoms with Crippen LogP contribution in [0.4, 0.5) is 5.82 Å². The monoisotopic (exact) mass is 340 g/mol. The SMILES string of the molecule is CCc1cc2c(NCc3ccc(C(=O)NC)cc3)nc(C)nc2s1. The second kappa shape index (κ2) is 6.97. The van der Waals surface area contributed by atoms with E-state index in [-0.39, 0.29) is 5.91 Å². The van der Waals surface area contributed by atoms with Crippen LogP contribution in [-0.4, -0.2) is 22.9 Å². The molecule has 0 bridgehead atoms. The Morgan fingerprint density at radius 3 is 2.62 bits per heavy atom. The number of hydrogen-bond donors (Lipinski definition) is 2. The molecular formula is C18H20N4OS. The third kappa shape index (κ3) is 3.38. The van der Waals surface area contributed by atoms with Crippen LogP contribution in [0.25, 0.3) is 10.2 Å². The maximum absolute atomic E-state index is 11.6. The van der Waals surface area contributed by atoms with Crippen molar-refractivity contribution in [3.05, 3.63) is 52.2 Å². The van der Waals surface area contributed by atoms with E-state index in [2.05, 4.69) is 33.6 Å². The van der Waals surface area contributed by atoms with Crippen LogP contribution in [0.15, 0.2) is 30.3 Å². The van der Waals surface area contributed by atoms with Gasteiger partial charge in [0.1, 0.15) is 16.5 Å². The quantitative estimate of drug-likeness (QED) is 0.745. The Labute approximate surface area is 145 Å². The molecule has 0 aliphatic heterocycles. The fourth-order valence-corrected chi connectivity index (χ4v) is 3.50. The van der Waals surface area contributed by atoms with Gasteiger partial charge in [0, 0.05) is 24.0 Å². The minimum Gasteiger partial charge on any atom is -0.365 e. The van der Waals surface area contributed by atoms with Gasteiger partial charge < -0.3 is 10.6 Å². The fourth-order valence-electron chi connectivity index (χ4n) is 2.49. The fraction of sp³-hybridized carbons (Fsp3) is 0.278. The van der Waals surface area contributed by atoms with Crippen molar-refractivity contribution in [2.45, 2.75) is 26.8 Å². The lowest BCUT2D eigenvalue weighted by Gasteiger charge is -2.08. The van der Waals surface area contributed by atoms with Gasteiger partial charge in [-0.05, 0) is 37.1 Å². The molecule has 2 N–H and O–H groups in total. The van der Waals surface area contributed by atoms with Gasteiger partial charge in [-0.2, -0.15) is 0 Å². The molecule has 2 aromatic heterocycles. The zero-order valence-electron chi connectivity index (χ0n) is 14.0. The molecule has 0 saturated heterocycles. The van der Waals surface area contributed by atoms with Crippen molar-refractivity contribution in [2.75, 3.05) is 12.4 Å². The Morgan fingerprint density at radius 2 is 1.96 bits per heavy atom. The normalized spacial score (nSPS) is 10.8. The Bertz CT molecular complexity index is 871. The first-order valence-corrected chi connectivity index (χ1v) is 8.74. The lowest BCUT2D eigenvalue weighted by Crippen LogP contribution is -2.17. The molecule has 1 amide bonds. The highest BCUT2D eigenvalue weighted by Gasteiger charge is 2.10. The summed E-state index contributed by atoms with van der Waals surface area (Å²) in [4.78, 5) is 23.0. The van der Waals surface area contributed by atoms with Gasteiger partial charge in [0.2, 0.25) is 0 Å². The second-order valence-electron chi connectivity index (χ2n) is 5.53. The van der Waals surface area contributed by atoms with Crippen LogP contribution in [0, 0.1) is 6.92 Å². The van der Waals surface area contributed by atoms with E-state index >= 15 is 0 Å². The smallest absolute Gasteiger partial charge is 0.251 e. The Hall–Kier alpha value is -2.47. The molecule has 0 radical (unpaired) electrons. The van der Waals surface area contributed by atoms with Crippen LogP contribution in [0.2, 0.25) is 0 Å². The molecule has 0 atom stereocenters. The number of hydrogen-bond acceptors (Lipinski definition) is 5. The summed E-state index contributed by atoms with van der Waals surface area (Å²) in [6.07, 6.45) is 1.00. The second-order valence-corrected chi connectivity index (χ2v) is 6.65. The van der Waals surface area contributed by atoms with E-state index in [1.165, 1.54) is 4.88 Å². The first-order chi connectivity index (χ1) is 11.6. The molecule has 0 aliphatic rings. The number of rotatable bonds is 5. The van der Waals surface area contributed by atoms with E-state index in [1.54, 1.807) is 18.4 Å². The van der Waals surface area contributed by atoms with Crippen LogP contribution in [0.5, 0.6) is 0 Å². The highest BCUT2D eigenvalue weighted by molar-refractivity contribution is 7.18. The summed E-state index contributed by atoms with van der Waals surface area (Å²) in [6, 6.07) is 9.73. The molecular weight excluding hydrogens is 320 g/mol. The first-order valence-electron chi connectivity index (χ1n) is 7.92. The van der Waals surface area contributed by atoms with Gasteiger partial charge in [-0.15, -0.1) is 11.3 Å². The number of thiophene rings is 1. The van der Waals surface area contributed by atoms with Gasteiger partial charge in [-0.25, -0.2) is 9.97 Å². The topological polar surface area (TPSA) is 66.9 Å². The van der Waals surface area contributed by atoms with E-state index in [9.17, 15) is 4.79 Å². The summed E-state index contributed by atoms with van der Waals surface area (Å²) < 4.78 is 0. The van der Waals surface area contributed by atoms with Gasteiger partial charge in [0.05, 0.1) is 5.39 Å². The molecule has 3 aromatic rings. The minimum atomic E-state index is -0.0759. The number of aromatic nitrogens is 2. The largest absolute Gasteiger partial charge is 0.365 e. The molecule has 24 heavy (non-hydrogen) atoms. The van der Waals surface area contributed by atoms with E-state index < -0.39 is 0 Å². The Balaban J connectivity index is 1.80. The molecule has 1 aromatic carbocycles. The number of nitrogens with one attached hydrogen (secondary N) is 2. The van der Waals surface area contributed by atoms with Crippen molar-refractivity contribution < 1.29 is 4.79 Å². The van der Waals surface area contributed by atoms with E-state index in [0.717, 1.165) is 33.8 Å². The number of amides is 1. The average molecular weight is 340 g/mol. The summed E-state index contributed by atoms with van der Waals surface area (Å²) >= 11 is 1.72. The predicted octanol–water partition coefficient (Wildman–Crippen LogP) is 3.53. The zero-order chi connectivity index (χ0) is 17.1. The third-order valence-corrected chi connectivity index (χ3v) is 4.98. The van der Waals surface area contributed by atoms with Crippen molar-refractivity contribution in [3.63, 3.8) is 0 Å². The Kier molecular flexibility index (Phi) is 4.76. The van der Waals surface area contributed by atoms with Crippen molar-refractivity contribution in [2.24, 2.45) is 0 Å². The van der Waals surface area contributed by atoms with Crippen molar-refractivity contribution in [1.82, 2.24) is 15.3 Å². The van der Waals surface area contributed by atoms with Gasteiger partial charge in [-0.1, -0.05) is 19.1 Å². The third-order valence-electron chi connectivity index (χ3n) is 3.81. The molecule has 5 nitrogen and oxygen atoms in total. The first kappa shape index (κ1) is 16.4. The molecule has 124 valence electrons. The van der Waals surface area contributed by atoms with Crippen LogP contribution in [0.1, 0.15) is 33.5 Å². The highest BCUT2D eigenvalue weighted by atomic mass is 32.1. The van der Waals surface area contributed by atoms with Gasteiger partial charge in [0.15, 0.2) is 0 Å². The summed E-state index contributed by atoms with van der Waals surface area (Å²) in [6.45, 7) is 4.71. The van der Waals surface area contributed by atoms with Gasteiger partial charge in [0.25, 0.3) is 5.91 Å². The summed E-state index contributed by atoms with van der Waals surface area (Å²) in [7, 11) is 1.63. The minimum absolute atomic E-state index is 0.0759. The molecule has 0 spiro atoms. The highest BCUT2D eigenvalue weighted by Crippen LogP contribution is 2.29. The van der Waals surface area contributed by atoms with Crippen LogP contribution < -0.4 is 10.6 Å². The van der Waals surface area contributed by atoms with Gasteiger partial charge >= 0.3 is 0 Å². The van der Waals surface area contributed by atoms with Crippen molar-refractivity contribution in [1.29, 1.82) is 0 Å². The average Bonchev–Trinajstić information content (AvgIpc) is 3.02. The van der Waals surface area contributed by atoms with Crippen LogP contribution >= 0.6 is 11.3 Å². The lowest BCUT2D eigenvalue weighted by molar-refractivity contribution is 0.0963. The molecule has 0 unspecified atom stereocenters. The summed E-state index contributed by atoms with van der Waals surface area (Å²) in [5, 5.41) is 7.10. The van der Waals surface area contributed by atoms with Crippen LogP contribution in [-0.2, 0) is 13.0 Å². The van der Waals surface area contributed by atoms with E-state index in [4.69, 9.17) is 0 Å². The van der Waals surface area contributed by atoms with E-state index in [1.807, 2.05) is 31.2 Å². The number of anilines is 1. The number of carbonyl (C=O) groups is 1.